The van der Waals surface area contributed by atoms with Crippen molar-refractivity contribution in [1.82, 2.24) is 4.90 Å². The number of nitrogens with zero attached hydrogens (tertiary/aromatic N) is 2. The molecule has 4 heteroatoms. The Morgan fingerprint density at radius 2 is 2.37 bits per heavy atom. The van der Waals surface area contributed by atoms with Crippen molar-refractivity contribution >= 4 is 0 Å². The van der Waals surface area contributed by atoms with E-state index in [1.807, 2.05) is 6.07 Å². The molecule has 0 amide bonds. The first-order valence-electron chi connectivity index (χ1n) is 7.13. The summed E-state index contributed by atoms with van der Waals surface area (Å²) in [5.74, 6) is 0.643. The first kappa shape index (κ1) is 14.1. The van der Waals surface area contributed by atoms with E-state index in [9.17, 15) is 5.11 Å². The van der Waals surface area contributed by atoms with Gasteiger partial charge in [-0.1, -0.05) is 12.8 Å². The summed E-state index contributed by atoms with van der Waals surface area (Å²) in [7, 11) is 0. The molecule has 0 radical (unpaired) electrons. The predicted molar refractivity (Wildman–Crippen MR) is 72.3 cm³/mol. The highest BCUT2D eigenvalue weighted by Crippen LogP contribution is 2.26. The minimum atomic E-state index is -0.539. The Morgan fingerprint density at radius 1 is 1.47 bits per heavy atom. The van der Waals surface area contributed by atoms with Crippen LogP contribution in [0.25, 0.3) is 0 Å². The SMILES string of the molecule is N#CCCN1CCCCCC1CC(O)c1ccco1. The van der Waals surface area contributed by atoms with Crippen LogP contribution in [-0.4, -0.2) is 29.1 Å². The van der Waals surface area contributed by atoms with Crippen LogP contribution >= 0.6 is 0 Å². The fourth-order valence-electron chi connectivity index (χ4n) is 2.85. The molecule has 0 saturated carbocycles. The molecule has 1 N–H and O–H groups in total. The van der Waals surface area contributed by atoms with E-state index in [2.05, 4.69) is 11.0 Å². The minimum absolute atomic E-state index is 0.357. The number of furan rings is 1. The summed E-state index contributed by atoms with van der Waals surface area (Å²) in [6.45, 7) is 1.85. The van der Waals surface area contributed by atoms with Gasteiger partial charge in [0.1, 0.15) is 11.9 Å². The molecule has 0 aliphatic carbocycles. The zero-order valence-electron chi connectivity index (χ0n) is 11.3. The Hall–Kier alpha value is -1.31. The standard InChI is InChI=1S/C15H22N2O2/c16-8-5-10-17-9-3-1-2-6-13(17)12-14(18)15-7-4-11-19-15/h4,7,11,13-14,18H,1-3,5-6,9-10,12H2. The van der Waals surface area contributed by atoms with E-state index in [1.54, 1.807) is 12.3 Å². The summed E-state index contributed by atoms with van der Waals surface area (Å²) in [6.07, 6.45) is 7.06. The van der Waals surface area contributed by atoms with Crippen LogP contribution in [0, 0.1) is 11.3 Å². The third-order valence-corrected chi connectivity index (χ3v) is 3.88. The second-order valence-electron chi connectivity index (χ2n) is 5.21. The van der Waals surface area contributed by atoms with Gasteiger partial charge in [0, 0.05) is 19.0 Å². The summed E-state index contributed by atoms with van der Waals surface area (Å²) in [4.78, 5) is 2.36. The highest BCUT2D eigenvalue weighted by Gasteiger charge is 2.24. The minimum Gasteiger partial charge on any atom is -0.467 e. The molecule has 1 fully saturated rings. The van der Waals surface area contributed by atoms with Crippen LogP contribution in [0.3, 0.4) is 0 Å². The number of likely N-dealkylation sites (tertiary alicyclic amines) is 1. The Morgan fingerprint density at radius 3 is 3.11 bits per heavy atom. The van der Waals surface area contributed by atoms with Gasteiger partial charge in [-0.2, -0.15) is 5.26 Å². The average Bonchev–Trinajstić information content (AvgIpc) is 2.86. The highest BCUT2D eigenvalue weighted by molar-refractivity contribution is 5.02. The molecule has 2 rings (SSSR count). The zero-order valence-corrected chi connectivity index (χ0v) is 11.3. The second-order valence-corrected chi connectivity index (χ2v) is 5.21. The molecule has 1 aliphatic rings. The summed E-state index contributed by atoms with van der Waals surface area (Å²) >= 11 is 0. The number of rotatable bonds is 5. The van der Waals surface area contributed by atoms with E-state index >= 15 is 0 Å². The zero-order chi connectivity index (χ0) is 13.5. The third-order valence-electron chi connectivity index (χ3n) is 3.88. The van der Waals surface area contributed by atoms with Crippen LogP contribution in [0.4, 0.5) is 0 Å². The van der Waals surface area contributed by atoms with Crippen molar-refractivity contribution in [2.24, 2.45) is 0 Å². The van der Waals surface area contributed by atoms with Crippen LogP contribution in [-0.2, 0) is 0 Å². The second kappa shape index (κ2) is 7.32. The van der Waals surface area contributed by atoms with Gasteiger partial charge in [-0.05, 0) is 37.9 Å². The van der Waals surface area contributed by atoms with Crippen molar-refractivity contribution in [2.45, 2.75) is 50.7 Å². The molecule has 104 valence electrons. The molecule has 0 spiro atoms. The van der Waals surface area contributed by atoms with Crippen LogP contribution in [0.1, 0.15) is 50.4 Å². The van der Waals surface area contributed by atoms with Crippen molar-refractivity contribution in [3.8, 4) is 6.07 Å². The number of nitriles is 1. The van der Waals surface area contributed by atoms with E-state index in [0.717, 1.165) is 19.5 Å². The van der Waals surface area contributed by atoms with Gasteiger partial charge in [0.2, 0.25) is 0 Å². The average molecular weight is 262 g/mol. The summed E-state index contributed by atoms with van der Waals surface area (Å²) in [6, 6.07) is 6.20. The first-order valence-corrected chi connectivity index (χ1v) is 7.13. The predicted octanol–water partition coefficient (Wildman–Crippen LogP) is 2.86. The molecule has 1 saturated heterocycles. The van der Waals surface area contributed by atoms with Gasteiger partial charge in [-0.15, -0.1) is 0 Å². The molecule has 19 heavy (non-hydrogen) atoms. The van der Waals surface area contributed by atoms with Crippen LogP contribution in [0.15, 0.2) is 22.8 Å². The van der Waals surface area contributed by atoms with Crippen LogP contribution < -0.4 is 0 Å². The van der Waals surface area contributed by atoms with E-state index in [1.165, 1.54) is 19.3 Å². The molecule has 1 aromatic heterocycles. The Bertz CT molecular complexity index is 397. The van der Waals surface area contributed by atoms with Gasteiger partial charge in [0.05, 0.1) is 12.3 Å². The topological polar surface area (TPSA) is 60.4 Å². The maximum atomic E-state index is 10.2. The number of aliphatic hydroxyl groups excluding tert-OH is 1. The lowest BCUT2D eigenvalue weighted by Gasteiger charge is -2.30. The summed E-state index contributed by atoms with van der Waals surface area (Å²) in [5, 5.41) is 19.0. The lowest BCUT2D eigenvalue weighted by Crippen LogP contribution is -2.36. The van der Waals surface area contributed by atoms with Gasteiger partial charge in [-0.25, -0.2) is 0 Å². The van der Waals surface area contributed by atoms with Crippen molar-refractivity contribution < 1.29 is 9.52 Å². The fraction of sp³-hybridized carbons (Fsp3) is 0.667. The quantitative estimate of drug-likeness (QED) is 0.886. The van der Waals surface area contributed by atoms with E-state index in [4.69, 9.17) is 9.68 Å². The van der Waals surface area contributed by atoms with Gasteiger partial charge in [0.25, 0.3) is 0 Å². The van der Waals surface area contributed by atoms with Gasteiger partial charge < -0.3 is 9.52 Å². The molecule has 2 unspecified atom stereocenters. The van der Waals surface area contributed by atoms with Gasteiger partial charge >= 0.3 is 0 Å². The van der Waals surface area contributed by atoms with E-state index in [0.29, 0.717) is 24.6 Å². The fourth-order valence-corrected chi connectivity index (χ4v) is 2.85. The van der Waals surface area contributed by atoms with Gasteiger partial charge in [-0.3, -0.25) is 4.90 Å². The molecular formula is C15H22N2O2. The molecule has 0 bridgehead atoms. The first-order chi connectivity index (χ1) is 9.31. The summed E-state index contributed by atoms with van der Waals surface area (Å²) in [5.41, 5.74) is 0. The highest BCUT2D eigenvalue weighted by atomic mass is 16.4. The third kappa shape index (κ3) is 4.09. The Balaban J connectivity index is 1.95. The Labute approximate surface area is 114 Å². The molecule has 1 aromatic rings. The maximum absolute atomic E-state index is 10.2. The van der Waals surface area contributed by atoms with E-state index < -0.39 is 6.10 Å². The molecule has 1 aliphatic heterocycles. The largest absolute Gasteiger partial charge is 0.467 e. The Kier molecular flexibility index (Phi) is 5.44. The van der Waals surface area contributed by atoms with Gasteiger partial charge in [0.15, 0.2) is 0 Å². The molecule has 2 heterocycles. The number of hydrogen-bond donors (Lipinski definition) is 1. The van der Waals surface area contributed by atoms with Crippen molar-refractivity contribution in [3.63, 3.8) is 0 Å². The lowest BCUT2D eigenvalue weighted by atomic mass is 10.0. The number of hydrogen-bond acceptors (Lipinski definition) is 4. The van der Waals surface area contributed by atoms with E-state index in [-0.39, 0.29) is 0 Å². The monoisotopic (exact) mass is 262 g/mol. The van der Waals surface area contributed by atoms with Crippen LogP contribution in [0.2, 0.25) is 0 Å². The smallest absolute Gasteiger partial charge is 0.132 e. The molecule has 2 atom stereocenters. The van der Waals surface area contributed by atoms with Crippen molar-refractivity contribution in [3.05, 3.63) is 24.2 Å². The normalized spacial score (nSPS) is 22.6. The molecule has 0 aromatic carbocycles. The summed E-state index contributed by atoms with van der Waals surface area (Å²) < 4.78 is 5.26. The van der Waals surface area contributed by atoms with Crippen LogP contribution in [0.5, 0.6) is 0 Å². The molecular weight excluding hydrogens is 240 g/mol. The number of aliphatic hydroxyl groups is 1. The maximum Gasteiger partial charge on any atom is 0.132 e. The lowest BCUT2D eigenvalue weighted by molar-refractivity contribution is 0.0872. The van der Waals surface area contributed by atoms with Crippen molar-refractivity contribution in [1.29, 1.82) is 5.26 Å². The van der Waals surface area contributed by atoms with Crippen molar-refractivity contribution in [2.75, 3.05) is 13.1 Å². The molecule has 4 nitrogen and oxygen atoms in total.